The Bertz CT molecular complexity index is 946. The molecule has 0 N–H and O–H groups in total. The number of rotatable bonds is 1. The van der Waals surface area contributed by atoms with Gasteiger partial charge in [-0.15, -0.1) is 0 Å². The van der Waals surface area contributed by atoms with Gasteiger partial charge in [0.15, 0.2) is 0 Å². The van der Waals surface area contributed by atoms with E-state index in [9.17, 15) is 8.78 Å². The maximum Gasteiger partial charge on any atom is 0.501 e. The van der Waals surface area contributed by atoms with Gasteiger partial charge in [0.05, 0.1) is 22.1 Å². The molecule has 0 spiro atoms. The monoisotopic (exact) mass is 330 g/mol. The zero-order valence-corrected chi connectivity index (χ0v) is 13.9. The highest BCUT2D eigenvalue weighted by Crippen LogP contribution is 2.38. The van der Waals surface area contributed by atoms with Crippen molar-refractivity contribution in [1.82, 2.24) is 0 Å². The van der Waals surface area contributed by atoms with E-state index in [1.807, 2.05) is 27.7 Å². The Labute approximate surface area is 138 Å². The van der Waals surface area contributed by atoms with Crippen LogP contribution in [0.1, 0.15) is 27.7 Å². The van der Waals surface area contributed by atoms with Crippen LogP contribution in [0.5, 0.6) is 0 Å². The molecule has 0 unspecified atom stereocenters. The highest BCUT2D eigenvalue weighted by atomic mass is 19.1. The molecule has 4 rings (SSSR count). The van der Waals surface area contributed by atoms with Gasteiger partial charge in [0.25, 0.3) is 0 Å². The van der Waals surface area contributed by atoms with Gasteiger partial charge in [0, 0.05) is 11.5 Å². The van der Waals surface area contributed by atoms with Crippen molar-refractivity contribution in [1.29, 1.82) is 0 Å². The molecule has 1 aromatic heterocycles. The molecule has 0 bridgehead atoms. The number of halogens is 2. The molecule has 1 aliphatic heterocycles. The third-order valence-corrected chi connectivity index (χ3v) is 5.08. The smallest absolute Gasteiger partial charge is 0.456 e. The van der Waals surface area contributed by atoms with E-state index >= 15 is 0 Å². The van der Waals surface area contributed by atoms with E-state index < -0.39 is 30.0 Å². The lowest BCUT2D eigenvalue weighted by Gasteiger charge is -2.32. The van der Waals surface area contributed by atoms with E-state index in [1.165, 1.54) is 0 Å². The van der Waals surface area contributed by atoms with Crippen LogP contribution in [0.4, 0.5) is 8.78 Å². The van der Waals surface area contributed by atoms with Crippen LogP contribution in [0, 0.1) is 11.6 Å². The average Bonchev–Trinajstić information content (AvgIpc) is 2.94. The largest absolute Gasteiger partial charge is 0.501 e. The van der Waals surface area contributed by atoms with Gasteiger partial charge in [0.2, 0.25) is 0 Å². The van der Waals surface area contributed by atoms with Crippen LogP contribution in [0.15, 0.2) is 34.7 Å². The number of para-hydroxylation sites is 1. The van der Waals surface area contributed by atoms with Crippen LogP contribution in [-0.4, -0.2) is 18.3 Å². The summed E-state index contributed by atoms with van der Waals surface area (Å²) in [5, 5.41) is 0.847. The molecular weight excluding hydrogens is 313 g/mol. The maximum absolute atomic E-state index is 14.6. The first-order valence-electron chi connectivity index (χ1n) is 7.86. The first kappa shape index (κ1) is 15.6. The predicted molar refractivity (Wildman–Crippen MR) is 89.4 cm³/mol. The number of benzene rings is 2. The Morgan fingerprint density at radius 3 is 2.21 bits per heavy atom. The highest BCUT2D eigenvalue weighted by Gasteiger charge is 2.53. The zero-order chi connectivity index (χ0) is 17.3. The van der Waals surface area contributed by atoms with Gasteiger partial charge in [-0.3, -0.25) is 0 Å². The number of furan rings is 1. The molecule has 2 aromatic carbocycles. The summed E-state index contributed by atoms with van der Waals surface area (Å²) in [7, 11) is -0.960. The lowest BCUT2D eigenvalue weighted by Crippen LogP contribution is -2.41. The Balaban J connectivity index is 2.00. The minimum atomic E-state index is -0.960. The van der Waals surface area contributed by atoms with Crippen molar-refractivity contribution in [3.8, 4) is 0 Å². The first-order chi connectivity index (χ1) is 11.2. The Morgan fingerprint density at radius 2 is 1.54 bits per heavy atom. The van der Waals surface area contributed by atoms with Crippen molar-refractivity contribution in [3.63, 3.8) is 0 Å². The van der Waals surface area contributed by atoms with Crippen LogP contribution in [0.3, 0.4) is 0 Å². The summed E-state index contributed by atoms with van der Waals surface area (Å²) < 4.78 is 46.6. The average molecular weight is 330 g/mol. The normalized spacial score (nSPS) is 19.5. The quantitative estimate of drug-likeness (QED) is 0.628. The molecule has 0 radical (unpaired) electrons. The van der Waals surface area contributed by atoms with E-state index in [0.717, 1.165) is 6.07 Å². The number of fused-ring (bicyclic) bond motifs is 3. The molecule has 24 heavy (non-hydrogen) atoms. The van der Waals surface area contributed by atoms with E-state index in [2.05, 4.69) is 0 Å². The van der Waals surface area contributed by atoms with Gasteiger partial charge in [0.1, 0.15) is 22.8 Å². The van der Waals surface area contributed by atoms with Crippen molar-refractivity contribution >= 4 is 34.5 Å². The van der Waals surface area contributed by atoms with Gasteiger partial charge in [-0.25, -0.2) is 8.78 Å². The summed E-state index contributed by atoms with van der Waals surface area (Å²) in [5.74, 6) is -1.40. The maximum atomic E-state index is 14.6. The van der Waals surface area contributed by atoms with Gasteiger partial charge >= 0.3 is 7.12 Å². The summed E-state index contributed by atoms with van der Waals surface area (Å²) >= 11 is 0. The van der Waals surface area contributed by atoms with Crippen molar-refractivity contribution in [2.24, 2.45) is 0 Å². The lowest BCUT2D eigenvalue weighted by atomic mass is 9.77. The van der Waals surface area contributed by atoms with Crippen LogP contribution in [0.2, 0.25) is 0 Å². The fraction of sp³-hybridized carbons (Fsp3) is 0.333. The van der Waals surface area contributed by atoms with Crippen molar-refractivity contribution in [2.45, 2.75) is 38.9 Å². The van der Waals surface area contributed by atoms with Crippen LogP contribution >= 0.6 is 0 Å². The Morgan fingerprint density at radius 1 is 0.917 bits per heavy atom. The SMILES string of the molecule is CC1(C)OB(c2c(F)cc(F)c3c2oc2ccccc23)OC1(C)C. The molecule has 1 fully saturated rings. The molecule has 1 aliphatic rings. The summed E-state index contributed by atoms with van der Waals surface area (Å²) in [6.07, 6.45) is 0. The van der Waals surface area contributed by atoms with E-state index in [1.54, 1.807) is 24.3 Å². The molecular formula is C18H17BF2O3. The van der Waals surface area contributed by atoms with Crippen molar-refractivity contribution in [3.05, 3.63) is 42.0 Å². The second-order valence-corrected chi connectivity index (χ2v) is 7.14. The molecule has 0 aliphatic carbocycles. The van der Waals surface area contributed by atoms with E-state index in [-0.39, 0.29) is 16.4 Å². The van der Waals surface area contributed by atoms with Crippen molar-refractivity contribution < 1.29 is 22.5 Å². The first-order valence-corrected chi connectivity index (χ1v) is 7.86. The van der Waals surface area contributed by atoms with Crippen LogP contribution < -0.4 is 5.46 Å². The fourth-order valence-electron chi connectivity index (χ4n) is 3.02. The molecule has 3 aromatic rings. The van der Waals surface area contributed by atoms with Gasteiger partial charge in [-0.05, 0) is 33.8 Å². The topological polar surface area (TPSA) is 31.6 Å². The molecule has 0 amide bonds. The summed E-state index contributed by atoms with van der Waals surface area (Å²) in [4.78, 5) is 0. The molecule has 6 heteroatoms. The highest BCUT2D eigenvalue weighted by molar-refractivity contribution is 6.65. The van der Waals surface area contributed by atoms with Gasteiger partial charge < -0.3 is 13.7 Å². The predicted octanol–water partition coefficient (Wildman–Crippen LogP) is 4.16. The minimum Gasteiger partial charge on any atom is -0.456 e. The molecule has 124 valence electrons. The third kappa shape index (κ3) is 2.03. The number of hydrogen-bond acceptors (Lipinski definition) is 3. The standard InChI is InChI=1S/C18H17BF2O3/c1-17(2)18(3,4)24-19(23-17)15-12(21)9-11(20)14-10-7-5-6-8-13(10)22-16(14)15/h5-9H,1-4H3. The molecule has 1 saturated heterocycles. The third-order valence-electron chi connectivity index (χ3n) is 5.08. The van der Waals surface area contributed by atoms with Crippen LogP contribution in [0.25, 0.3) is 21.9 Å². The second-order valence-electron chi connectivity index (χ2n) is 7.14. The second kappa shape index (κ2) is 4.80. The Kier molecular flexibility index (Phi) is 3.12. The van der Waals surface area contributed by atoms with Crippen LogP contribution in [-0.2, 0) is 9.31 Å². The zero-order valence-electron chi connectivity index (χ0n) is 13.9. The summed E-state index contributed by atoms with van der Waals surface area (Å²) in [6.45, 7) is 7.52. The summed E-state index contributed by atoms with van der Waals surface area (Å²) in [6, 6.07) is 7.91. The molecule has 0 saturated carbocycles. The number of hydrogen-bond donors (Lipinski definition) is 0. The van der Waals surface area contributed by atoms with E-state index in [0.29, 0.717) is 11.0 Å². The van der Waals surface area contributed by atoms with E-state index in [4.69, 9.17) is 13.7 Å². The molecule has 2 heterocycles. The lowest BCUT2D eigenvalue weighted by molar-refractivity contribution is 0.00578. The molecule has 3 nitrogen and oxygen atoms in total. The Hall–Kier alpha value is -1.92. The molecule has 0 atom stereocenters. The minimum absolute atomic E-state index is 0.0984. The van der Waals surface area contributed by atoms with Gasteiger partial charge in [-0.2, -0.15) is 0 Å². The van der Waals surface area contributed by atoms with Crippen molar-refractivity contribution in [2.75, 3.05) is 0 Å². The fourth-order valence-corrected chi connectivity index (χ4v) is 3.02. The van der Waals surface area contributed by atoms with Gasteiger partial charge in [-0.1, -0.05) is 18.2 Å². The summed E-state index contributed by atoms with van der Waals surface area (Å²) in [5.41, 5.74) is -0.531.